The predicted molar refractivity (Wildman–Crippen MR) is 279 cm³/mol. The summed E-state index contributed by atoms with van der Waals surface area (Å²) in [5.74, 6) is 0. The Morgan fingerprint density at radius 2 is 0.969 bits per heavy atom. The summed E-state index contributed by atoms with van der Waals surface area (Å²) in [7, 11) is 0. The van der Waals surface area contributed by atoms with Gasteiger partial charge in [-0.15, -0.1) is 22.7 Å². The fourth-order valence-electron chi connectivity index (χ4n) is 10.4. The highest BCUT2D eigenvalue weighted by Crippen LogP contribution is 2.51. The Bertz CT molecular complexity index is 4150. The highest BCUT2D eigenvalue weighted by Gasteiger charge is 2.25. The minimum Gasteiger partial charge on any atom is -0.456 e. The molecular weight excluding hydrogens is 829 g/mol. The quantitative estimate of drug-likeness (QED) is 0.166. The van der Waals surface area contributed by atoms with Crippen molar-refractivity contribution in [1.29, 1.82) is 0 Å². The van der Waals surface area contributed by atoms with Crippen molar-refractivity contribution in [3.8, 4) is 27.9 Å². The summed E-state index contributed by atoms with van der Waals surface area (Å²) in [6.45, 7) is 0. The number of thiophene rings is 2. The van der Waals surface area contributed by atoms with Crippen LogP contribution in [0.2, 0.25) is 0 Å². The largest absolute Gasteiger partial charge is 0.456 e. The van der Waals surface area contributed by atoms with Crippen LogP contribution in [0.15, 0.2) is 223 Å². The van der Waals surface area contributed by atoms with Gasteiger partial charge < -0.3 is 13.9 Å². The summed E-state index contributed by atoms with van der Waals surface area (Å²) < 4.78 is 14.1. The number of aromatic nitrogens is 1. The number of anilines is 3. The second-order valence-electron chi connectivity index (χ2n) is 16.8. The number of hydrogen-bond donors (Lipinski definition) is 0. The van der Waals surface area contributed by atoms with Crippen molar-refractivity contribution >= 4 is 124 Å². The summed E-state index contributed by atoms with van der Waals surface area (Å²) in [4.78, 5) is 2.47. The molecule has 0 radical (unpaired) electrons. The van der Waals surface area contributed by atoms with E-state index in [9.17, 15) is 0 Å². The monoisotopic (exact) mass is 864 g/mol. The van der Waals surface area contributed by atoms with E-state index in [1.807, 2.05) is 28.7 Å². The normalized spacial score (nSPS) is 12.0. The summed E-state index contributed by atoms with van der Waals surface area (Å²) in [5.41, 5.74) is 13.4. The maximum absolute atomic E-state index is 6.55. The van der Waals surface area contributed by atoms with Gasteiger partial charge in [0.15, 0.2) is 0 Å². The van der Waals surface area contributed by atoms with Gasteiger partial charge in [-0.2, -0.15) is 0 Å². The fourth-order valence-corrected chi connectivity index (χ4v) is 12.8. The van der Waals surface area contributed by atoms with Gasteiger partial charge in [0, 0.05) is 67.9 Å². The zero-order valence-corrected chi connectivity index (χ0v) is 36.5. The van der Waals surface area contributed by atoms with Crippen molar-refractivity contribution in [1.82, 2.24) is 4.57 Å². The van der Waals surface area contributed by atoms with Gasteiger partial charge in [0.25, 0.3) is 0 Å². The van der Waals surface area contributed by atoms with Gasteiger partial charge in [-0.3, -0.25) is 0 Å². The average molecular weight is 865 g/mol. The second-order valence-corrected chi connectivity index (χ2v) is 18.9. The second kappa shape index (κ2) is 14.3. The maximum atomic E-state index is 6.55. The molecule has 0 aliphatic carbocycles. The standard InChI is InChI=1S/C60H36N2OS2/c1-6-22-48-43(16-1)44-17-2-7-23-49(44)62(48)40-15-11-14-38(36-40)42-34-35-51(59-47-20-5-10-28-55(47)65-60(42)59)61(50-24-13-26-53-58(50)45-18-3-8-25-52(45)63-53)39-32-30-37(31-33-39)41-21-12-29-56-57(41)46-19-4-9-27-54(46)64-56/h1-36H. The highest BCUT2D eigenvalue weighted by atomic mass is 32.1. The van der Waals surface area contributed by atoms with Crippen LogP contribution in [0.4, 0.5) is 17.1 Å². The lowest BCUT2D eigenvalue weighted by atomic mass is 9.98. The molecule has 0 N–H and O–H groups in total. The van der Waals surface area contributed by atoms with Crippen LogP contribution in [0, 0.1) is 0 Å². The van der Waals surface area contributed by atoms with Crippen LogP contribution in [-0.4, -0.2) is 4.57 Å². The lowest BCUT2D eigenvalue weighted by Gasteiger charge is -2.28. The van der Waals surface area contributed by atoms with E-state index < -0.39 is 0 Å². The molecule has 4 aromatic heterocycles. The van der Waals surface area contributed by atoms with E-state index in [-0.39, 0.29) is 0 Å². The maximum Gasteiger partial charge on any atom is 0.137 e. The molecule has 5 heteroatoms. The minimum atomic E-state index is 0.867. The molecule has 0 aliphatic rings. The molecule has 0 saturated heterocycles. The molecule has 14 aromatic rings. The van der Waals surface area contributed by atoms with Gasteiger partial charge in [0.1, 0.15) is 11.2 Å². The minimum absolute atomic E-state index is 0.867. The third-order valence-corrected chi connectivity index (χ3v) is 15.5. The molecule has 10 aromatic carbocycles. The van der Waals surface area contributed by atoms with E-state index in [1.165, 1.54) is 84.4 Å². The van der Waals surface area contributed by atoms with Crippen molar-refractivity contribution in [2.24, 2.45) is 0 Å². The van der Waals surface area contributed by atoms with Crippen LogP contribution < -0.4 is 4.90 Å². The molecule has 0 atom stereocenters. The topological polar surface area (TPSA) is 21.3 Å². The van der Waals surface area contributed by atoms with Crippen LogP contribution in [0.25, 0.3) is 112 Å². The van der Waals surface area contributed by atoms with Crippen molar-refractivity contribution in [2.75, 3.05) is 4.90 Å². The first-order valence-corrected chi connectivity index (χ1v) is 23.6. The van der Waals surface area contributed by atoms with Gasteiger partial charge >= 0.3 is 0 Å². The molecule has 0 amide bonds. The van der Waals surface area contributed by atoms with Crippen LogP contribution in [0.1, 0.15) is 0 Å². The Morgan fingerprint density at radius 1 is 0.369 bits per heavy atom. The zero-order valence-electron chi connectivity index (χ0n) is 34.9. The van der Waals surface area contributed by atoms with Crippen molar-refractivity contribution in [3.63, 3.8) is 0 Å². The Balaban J connectivity index is 0.999. The molecular formula is C60H36N2OS2. The van der Waals surface area contributed by atoms with Gasteiger partial charge in [-0.1, -0.05) is 140 Å². The lowest BCUT2D eigenvalue weighted by Crippen LogP contribution is -2.11. The Hall–Kier alpha value is -7.96. The number of hydrogen-bond acceptors (Lipinski definition) is 4. The number of benzene rings is 10. The zero-order chi connectivity index (χ0) is 42.6. The van der Waals surface area contributed by atoms with Gasteiger partial charge in [-0.25, -0.2) is 0 Å². The van der Waals surface area contributed by atoms with Crippen molar-refractivity contribution in [2.45, 2.75) is 0 Å². The van der Waals surface area contributed by atoms with E-state index in [4.69, 9.17) is 4.42 Å². The summed E-state index contributed by atoms with van der Waals surface area (Å²) in [6, 6.07) is 79.7. The van der Waals surface area contributed by atoms with Crippen LogP contribution >= 0.6 is 22.7 Å². The van der Waals surface area contributed by atoms with E-state index in [1.54, 1.807) is 0 Å². The SMILES string of the molecule is c1cc(-c2ccc(N(c3ccc(-c4cccc5sc6ccccc6c45)cc3)c3cccc4oc5ccccc5c34)c3c2sc2ccccc23)cc(-n2c3ccccc3c3ccccc32)c1. The smallest absolute Gasteiger partial charge is 0.137 e. The van der Waals surface area contributed by atoms with E-state index in [2.05, 4.69) is 222 Å². The predicted octanol–water partition coefficient (Wildman–Crippen LogP) is 18.2. The summed E-state index contributed by atoms with van der Waals surface area (Å²) in [6.07, 6.45) is 0. The Labute approximate surface area is 381 Å². The van der Waals surface area contributed by atoms with Gasteiger partial charge in [-0.05, 0) is 101 Å². The first kappa shape index (κ1) is 36.5. The number of fused-ring (bicyclic) bond motifs is 12. The van der Waals surface area contributed by atoms with Gasteiger partial charge in [0.05, 0.1) is 27.8 Å². The van der Waals surface area contributed by atoms with Crippen molar-refractivity contribution in [3.05, 3.63) is 218 Å². The molecule has 304 valence electrons. The van der Waals surface area contributed by atoms with Crippen LogP contribution in [0.3, 0.4) is 0 Å². The van der Waals surface area contributed by atoms with Gasteiger partial charge in [0.2, 0.25) is 0 Å². The first-order valence-electron chi connectivity index (χ1n) is 22.0. The lowest BCUT2D eigenvalue weighted by molar-refractivity contribution is 0.669. The highest BCUT2D eigenvalue weighted by molar-refractivity contribution is 7.26. The number of nitrogens with zero attached hydrogens (tertiary/aromatic N) is 2. The molecule has 3 nitrogen and oxygen atoms in total. The number of para-hydroxylation sites is 3. The molecule has 0 unspecified atom stereocenters. The molecule has 65 heavy (non-hydrogen) atoms. The molecule has 0 aliphatic heterocycles. The Kier molecular flexibility index (Phi) is 8.02. The number of furan rings is 1. The first-order chi connectivity index (χ1) is 32.2. The van der Waals surface area contributed by atoms with E-state index in [0.717, 1.165) is 44.7 Å². The van der Waals surface area contributed by atoms with E-state index in [0.29, 0.717) is 0 Å². The molecule has 0 bridgehead atoms. The number of rotatable bonds is 6. The van der Waals surface area contributed by atoms with E-state index >= 15 is 0 Å². The van der Waals surface area contributed by atoms with Crippen LogP contribution in [0.5, 0.6) is 0 Å². The average Bonchev–Trinajstić information content (AvgIpc) is 4.14. The molecule has 0 fully saturated rings. The molecule has 0 spiro atoms. The summed E-state index contributed by atoms with van der Waals surface area (Å²) >= 11 is 3.73. The van der Waals surface area contributed by atoms with Crippen LogP contribution in [-0.2, 0) is 0 Å². The molecule has 14 rings (SSSR count). The molecule has 0 saturated carbocycles. The van der Waals surface area contributed by atoms with Crippen molar-refractivity contribution < 1.29 is 4.42 Å². The summed E-state index contributed by atoms with van der Waals surface area (Å²) in [5, 5.41) is 9.80. The Morgan fingerprint density at radius 3 is 1.75 bits per heavy atom. The fraction of sp³-hybridized carbons (Fsp3) is 0. The molecule has 4 heterocycles. The third-order valence-electron chi connectivity index (χ3n) is 13.2. The third kappa shape index (κ3) is 5.53.